The Labute approximate surface area is 130 Å². The van der Waals surface area contributed by atoms with Crippen LogP contribution in [0.2, 0.25) is 0 Å². The highest BCUT2D eigenvalue weighted by molar-refractivity contribution is 5.89. The topological polar surface area (TPSA) is 127 Å². The minimum atomic E-state index is -0.695. The van der Waals surface area contributed by atoms with Crippen molar-refractivity contribution >= 4 is 34.3 Å². The fourth-order valence-corrected chi connectivity index (χ4v) is 1.89. The van der Waals surface area contributed by atoms with E-state index in [4.69, 9.17) is 0 Å². The van der Waals surface area contributed by atoms with Gasteiger partial charge in [-0.15, -0.1) is 0 Å². The van der Waals surface area contributed by atoms with E-state index in [-0.39, 0.29) is 17.3 Å². The van der Waals surface area contributed by atoms with Crippen molar-refractivity contribution in [1.82, 2.24) is 0 Å². The van der Waals surface area contributed by atoms with Crippen LogP contribution in [0.4, 0.5) is 28.4 Å². The second kappa shape index (κ2) is 6.52. The normalized spacial score (nSPS) is 9.96. The van der Waals surface area contributed by atoms with E-state index >= 15 is 0 Å². The number of anilines is 3. The third-order valence-electron chi connectivity index (χ3n) is 2.87. The number of amides is 1. The zero-order valence-corrected chi connectivity index (χ0v) is 12.0. The monoisotopic (exact) mass is 316 g/mol. The number of nitrogens with zero attached hydrogens (tertiary/aromatic N) is 2. The number of nitro groups is 2. The first-order valence-electron chi connectivity index (χ1n) is 6.44. The molecule has 0 aliphatic heterocycles. The van der Waals surface area contributed by atoms with Crippen molar-refractivity contribution in [2.45, 2.75) is 6.92 Å². The molecule has 9 nitrogen and oxygen atoms in total. The van der Waals surface area contributed by atoms with Crippen molar-refractivity contribution in [2.24, 2.45) is 0 Å². The van der Waals surface area contributed by atoms with Crippen LogP contribution in [0.15, 0.2) is 42.5 Å². The van der Waals surface area contributed by atoms with Gasteiger partial charge >= 0.3 is 0 Å². The summed E-state index contributed by atoms with van der Waals surface area (Å²) >= 11 is 0. The zero-order valence-electron chi connectivity index (χ0n) is 12.0. The van der Waals surface area contributed by atoms with E-state index in [2.05, 4.69) is 10.6 Å². The molecule has 2 rings (SSSR count). The van der Waals surface area contributed by atoms with E-state index in [1.165, 1.54) is 19.1 Å². The molecule has 0 heterocycles. The number of non-ortho nitro benzene ring substituents is 1. The molecule has 1 amide bonds. The summed E-state index contributed by atoms with van der Waals surface area (Å²) in [6, 6.07) is 9.85. The van der Waals surface area contributed by atoms with Crippen LogP contribution in [0.3, 0.4) is 0 Å². The molecule has 2 aromatic carbocycles. The quantitative estimate of drug-likeness (QED) is 0.644. The molecule has 0 aromatic heterocycles. The average Bonchev–Trinajstić information content (AvgIpc) is 2.48. The lowest BCUT2D eigenvalue weighted by Gasteiger charge is -2.08. The Morgan fingerprint density at radius 2 is 1.57 bits per heavy atom. The third kappa shape index (κ3) is 4.00. The van der Waals surface area contributed by atoms with Gasteiger partial charge in [-0.05, 0) is 30.3 Å². The summed E-state index contributed by atoms with van der Waals surface area (Å²) in [6.07, 6.45) is 0. The lowest BCUT2D eigenvalue weighted by molar-refractivity contribution is -0.393. The molecule has 0 spiro atoms. The Kier molecular flexibility index (Phi) is 4.50. The van der Waals surface area contributed by atoms with Crippen molar-refractivity contribution in [3.8, 4) is 0 Å². The van der Waals surface area contributed by atoms with Gasteiger partial charge in [0.05, 0.1) is 15.9 Å². The fraction of sp³-hybridized carbons (Fsp3) is 0.0714. The van der Waals surface area contributed by atoms with E-state index < -0.39 is 15.5 Å². The van der Waals surface area contributed by atoms with Gasteiger partial charge in [-0.2, -0.15) is 0 Å². The van der Waals surface area contributed by atoms with Gasteiger partial charge in [0, 0.05) is 24.4 Å². The molecule has 0 aliphatic carbocycles. The summed E-state index contributed by atoms with van der Waals surface area (Å²) < 4.78 is 0. The lowest BCUT2D eigenvalue weighted by atomic mass is 10.2. The van der Waals surface area contributed by atoms with Gasteiger partial charge in [0.1, 0.15) is 5.69 Å². The van der Waals surface area contributed by atoms with Crippen LogP contribution in [0, 0.1) is 20.2 Å². The highest BCUT2D eigenvalue weighted by Crippen LogP contribution is 2.31. The van der Waals surface area contributed by atoms with Crippen molar-refractivity contribution < 1.29 is 14.6 Å². The first-order chi connectivity index (χ1) is 10.9. The second-order valence-electron chi connectivity index (χ2n) is 4.60. The fourth-order valence-electron chi connectivity index (χ4n) is 1.89. The molecule has 2 aromatic rings. The summed E-state index contributed by atoms with van der Waals surface area (Å²) in [7, 11) is 0. The Morgan fingerprint density at radius 1 is 0.957 bits per heavy atom. The van der Waals surface area contributed by atoms with E-state index in [0.29, 0.717) is 11.4 Å². The maximum atomic E-state index is 11.1. The number of carbonyl (C=O) groups is 1. The van der Waals surface area contributed by atoms with Crippen molar-refractivity contribution in [1.29, 1.82) is 0 Å². The van der Waals surface area contributed by atoms with E-state index in [9.17, 15) is 25.0 Å². The number of benzene rings is 2. The summed E-state index contributed by atoms with van der Waals surface area (Å²) in [6.45, 7) is 1.38. The maximum Gasteiger partial charge on any atom is 0.299 e. The average molecular weight is 316 g/mol. The summed E-state index contributed by atoms with van der Waals surface area (Å²) in [5.74, 6) is -0.211. The van der Waals surface area contributed by atoms with Crippen molar-refractivity contribution in [3.63, 3.8) is 0 Å². The molecule has 0 bridgehead atoms. The minimum absolute atomic E-state index is 0.132. The van der Waals surface area contributed by atoms with Crippen molar-refractivity contribution in [3.05, 3.63) is 62.7 Å². The SMILES string of the molecule is CC(=O)Nc1ccc(Nc2ccc([N+](=O)[O-])cc2[N+](=O)[O-])cc1. The standard InChI is InChI=1S/C14H12N4O5/c1-9(19)15-10-2-4-11(5-3-10)16-13-7-6-12(17(20)21)8-14(13)18(22)23/h2-8,16H,1H3,(H,15,19). The number of hydrogen-bond donors (Lipinski definition) is 2. The van der Waals surface area contributed by atoms with E-state index in [1.807, 2.05) is 0 Å². The highest BCUT2D eigenvalue weighted by Gasteiger charge is 2.19. The predicted octanol–water partition coefficient (Wildman–Crippen LogP) is 3.21. The van der Waals surface area contributed by atoms with Crippen LogP contribution in [-0.4, -0.2) is 15.8 Å². The number of carbonyl (C=O) groups excluding carboxylic acids is 1. The third-order valence-corrected chi connectivity index (χ3v) is 2.87. The Hall–Kier alpha value is -3.49. The molecule has 0 unspecified atom stereocenters. The molecule has 23 heavy (non-hydrogen) atoms. The van der Waals surface area contributed by atoms with Crippen LogP contribution in [-0.2, 0) is 4.79 Å². The highest BCUT2D eigenvalue weighted by atomic mass is 16.6. The molecule has 2 N–H and O–H groups in total. The summed E-state index contributed by atoms with van der Waals surface area (Å²) in [4.78, 5) is 31.3. The van der Waals surface area contributed by atoms with Crippen LogP contribution in [0.5, 0.6) is 0 Å². The Morgan fingerprint density at radius 3 is 2.09 bits per heavy atom. The molecule has 118 valence electrons. The largest absolute Gasteiger partial charge is 0.350 e. The first kappa shape index (κ1) is 15.9. The van der Waals surface area contributed by atoms with Gasteiger partial charge in [0.2, 0.25) is 5.91 Å². The maximum absolute atomic E-state index is 11.1. The number of nitrogens with one attached hydrogen (secondary N) is 2. The zero-order chi connectivity index (χ0) is 17.0. The Bertz CT molecular complexity index is 773. The molecular weight excluding hydrogens is 304 g/mol. The first-order valence-corrected chi connectivity index (χ1v) is 6.44. The van der Waals surface area contributed by atoms with Crippen molar-refractivity contribution in [2.75, 3.05) is 10.6 Å². The number of rotatable bonds is 5. The molecular formula is C14H12N4O5. The number of nitro benzene ring substituents is 2. The van der Waals surface area contributed by atoms with E-state index in [0.717, 1.165) is 6.07 Å². The molecule has 0 saturated heterocycles. The molecule has 9 heteroatoms. The number of hydrogen-bond acceptors (Lipinski definition) is 6. The molecule has 0 radical (unpaired) electrons. The predicted molar refractivity (Wildman–Crippen MR) is 83.8 cm³/mol. The van der Waals surface area contributed by atoms with Gasteiger partial charge in [-0.1, -0.05) is 0 Å². The van der Waals surface area contributed by atoms with Gasteiger partial charge in [0.25, 0.3) is 11.4 Å². The smallest absolute Gasteiger partial charge is 0.299 e. The van der Waals surface area contributed by atoms with Crippen LogP contribution in [0.1, 0.15) is 6.92 Å². The molecule has 0 aliphatic rings. The van der Waals surface area contributed by atoms with Gasteiger partial charge in [0.15, 0.2) is 0 Å². The molecule has 0 fully saturated rings. The summed E-state index contributed by atoms with van der Waals surface area (Å²) in [5.41, 5.74) is 0.499. The second-order valence-corrected chi connectivity index (χ2v) is 4.60. The van der Waals surface area contributed by atoms with Gasteiger partial charge in [-0.3, -0.25) is 25.0 Å². The van der Waals surface area contributed by atoms with Gasteiger partial charge < -0.3 is 10.6 Å². The molecule has 0 saturated carbocycles. The van der Waals surface area contributed by atoms with Crippen LogP contribution in [0.25, 0.3) is 0 Å². The molecule has 0 atom stereocenters. The Balaban J connectivity index is 2.27. The summed E-state index contributed by atoms with van der Waals surface area (Å²) in [5, 5.41) is 27.2. The minimum Gasteiger partial charge on any atom is -0.350 e. The van der Waals surface area contributed by atoms with Gasteiger partial charge in [-0.25, -0.2) is 0 Å². The van der Waals surface area contributed by atoms with Crippen LogP contribution < -0.4 is 10.6 Å². The van der Waals surface area contributed by atoms with E-state index in [1.54, 1.807) is 24.3 Å². The lowest BCUT2D eigenvalue weighted by Crippen LogP contribution is -2.05. The van der Waals surface area contributed by atoms with Crippen LogP contribution >= 0.6 is 0 Å².